The van der Waals surface area contributed by atoms with Crippen LogP contribution in [0.15, 0.2) is 0 Å². The summed E-state index contributed by atoms with van der Waals surface area (Å²) in [7, 11) is 0. The van der Waals surface area contributed by atoms with Gasteiger partial charge in [-0.05, 0) is 32.2 Å². The van der Waals surface area contributed by atoms with Gasteiger partial charge in [0.1, 0.15) is 0 Å². The number of carbonyl (C=O) groups is 2. The van der Waals surface area contributed by atoms with Gasteiger partial charge in [0.2, 0.25) is 5.91 Å². The molecule has 0 radical (unpaired) electrons. The number of nitrogens with one attached hydrogen (secondary N) is 2. The molecule has 2 rings (SSSR count). The molecule has 0 aromatic carbocycles. The van der Waals surface area contributed by atoms with Crippen LogP contribution in [0.25, 0.3) is 0 Å². The molecule has 5 heteroatoms. The van der Waals surface area contributed by atoms with Crippen LogP contribution in [0.1, 0.15) is 51.9 Å². The summed E-state index contributed by atoms with van der Waals surface area (Å²) in [5, 5.41) is 15.4. The van der Waals surface area contributed by atoms with Crippen molar-refractivity contribution in [2.75, 3.05) is 13.1 Å². The third kappa shape index (κ3) is 2.91. The summed E-state index contributed by atoms with van der Waals surface area (Å²) in [5.74, 6) is -0.777. The van der Waals surface area contributed by atoms with Crippen molar-refractivity contribution in [3.05, 3.63) is 0 Å². The smallest absolute Gasteiger partial charge is 0.305 e. The molecule has 1 saturated heterocycles. The van der Waals surface area contributed by atoms with Crippen molar-refractivity contribution in [2.45, 2.75) is 57.4 Å². The van der Waals surface area contributed by atoms with E-state index in [1.165, 1.54) is 0 Å². The van der Waals surface area contributed by atoms with Crippen molar-refractivity contribution in [3.8, 4) is 0 Å². The first-order valence-corrected chi connectivity index (χ1v) is 7.27. The minimum atomic E-state index is -0.822. The first kappa shape index (κ1) is 14.3. The fraction of sp³-hybridized carbons (Fsp3) is 0.857. The van der Waals surface area contributed by atoms with E-state index in [9.17, 15) is 9.59 Å². The maximum Gasteiger partial charge on any atom is 0.305 e. The van der Waals surface area contributed by atoms with E-state index < -0.39 is 11.5 Å². The molecular formula is C14H24N2O3. The Bertz CT molecular complexity index is 356. The molecule has 0 spiro atoms. The molecule has 2 aliphatic rings. The van der Waals surface area contributed by atoms with Crippen molar-refractivity contribution < 1.29 is 14.7 Å². The van der Waals surface area contributed by atoms with Gasteiger partial charge in [-0.3, -0.25) is 9.59 Å². The van der Waals surface area contributed by atoms with Crippen molar-refractivity contribution in [3.63, 3.8) is 0 Å². The Morgan fingerprint density at radius 1 is 1.26 bits per heavy atom. The minimum Gasteiger partial charge on any atom is -0.481 e. The molecule has 2 fully saturated rings. The SMILES string of the molecule is CCC1(C(=O)NC2(CC(=O)O)CCCC2)CCNC1. The highest BCUT2D eigenvalue weighted by Crippen LogP contribution is 2.36. The lowest BCUT2D eigenvalue weighted by Gasteiger charge is -2.34. The Balaban J connectivity index is 2.08. The monoisotopic (exact) mass is 268 g/mol. The average molecular weight is 268 g/mol. The number of aliphatic carboxylic acids is 1. The third-order valence-electron chi connectivity index (χ3n) is 4.83. The zero-order valence-corrected chi connectivity index (χ0v) is 11.6. The third-order valence-corrected chi connectivity index (χ3v) is 4.83. The number of hydrogen-bond acceptors (Lipinski definition) is 3. The lowest BCUT2D eigenvalue weighted by Crippen LogP contribution is -2.53. The van der Waals surface area contributed by atoms with Crippen LogP contribution in [0.4, 0.5) is 0 Å². The molecule has 1 atom stereocenters. The van der Waals surface area contributed by atoms with Crippen LogP contribution in [-0.4, -0.2) is 35.6 Å². The molecule has 1 heterocycles. The van der Waals surface area contributed by atoms with Crippen molar-refractivity contribution in [1.29, 1.82) is 0 Å². The topological polar surface area (TPSA) is 78.4 Å². The quantitative estimate of drug-likeness (QED) is 0.702. The summed E-state index contributed by atoms with van der Waals surface area (Å²) in [4.78, 5) is 23.6. The van der Waals surface area contributed by atoms with Crippen LogP contribution >= 0.6 is 0 Å². The zero-order valence-electron chi connectivity index (χ0n) is 11.6. The molecule has 19 heavy (non-hydrogen) atoms. The Morgan fingerprint density at radius 2 is 1.95 bits per heavy atom. The van der Waals surface area contributed by atoms with Gasteiger partial charge in [-0.1, -0.05) is 19.8 Å². The highest BCUT2D eigenvalue weighted by molar-refractivity contribution is 5.84. The number of carboxylic acid groups (broad SMARTS) is 1. The first-order chi connectivity index (χ1) is 9.02. The van der Waals surface area contributed by atoms with E-state index in [1.54, 1.807) is 0 Å². The lowest BCUT2D eigenvalue weighted by molar-refractivity contribution is -0.140. The molecule has 3 N–H and O–H groups in total. The van der Waals surface area contributed by atoms with Gasteiger partial charge in [-0.15, -0.1) is 0 Å². The molecule has 0 bridgehead atoms. The normalized spacial score (nSPS) is 29.3. The summed E-state index contributed by atoms with van der Waals surface area (Å²) < 4.78 is 0. The van der Waals surface area contributed by atoms with Crippen LogP contribution in [-0.2, 0) is 9.59 Å². The summed E-state index contributed by atoms with van der Waals surface area (Å²) in [5.41, 5.74) is -0.845. The van der Waals surface area contributed by atoms with Gasteiger partial charge >= 0.3 is 5.97 Å². The highest BCUT2D eigenvalue weighted by Gasteiger charge is 2.45. The van der Waals surface area contributed by atoms with Crippen LogP contribution in [0.3, 0.4) is 0 Å². The van der Waals surface area contributed by atoms with E-state index in [1.807, 2.05) is 6.92 Å². The van der Waals surface area contributed by atoms with Gasteiger partial charge in [0.25, 0.3) is 0 Å². The molecule has 1 aliphatic carbocycles. The second kappa shape index (κ2) is 5.49. The Hall–Kier alpha value is -1.10. The van der Waals surface area contributed by atoms with Gasteiger partial charge in [-0.2, -0.15) is 0 Å². The van der Waals surface area contributed by atoms with Crippen molar-refractivity contribution in [1.82, 2.24) is 10.6 Å². The predicted octanol–water partition coefficient (Wildman–Crippen LogP) is 1.28. The second-order valence-electron chi connectivity index (χ2n) is 6.07. The van der Waals surface area contributed by atoms with Crippen LogP contribution < -0.4 is 10.6 Å². The van der Waals surface area contributed by atoms with Crippen molar-refractivity contribution in [2.24, 2.45) is 5.41 Å². The van der Waals surface area contributed by atoms with E-state index in [4.69, 9.17) is 5.11 Å². The molecule has 108 valence electrons. The maximum atomic E-state index is 12.6. The molecule has 5 nitrogen and oxygen atoms in total. The van der Waals surface area contributed by atoms with Gasteiger partial charge in [0.15, 0.2) is 0 Å². The number of carbonyl (C=O) groups excluding carboxylic acids is 1. The fourth-order valence-electron chi connectivity index (χ4n) is 3.46. The zero-order chi connectivity index (χ0) is 13.9. The molecule has 1 saturated carbocycles. The summed E-state index contributed by atoms with van der Waals surface area (Å²) in [6.07, 6.45) is 5.28. The van der Waals surface area contributed by atoms with Gasteiger partial charge in [0, 0.05) is 6.54 Å². The standard InChI is InChI=1S/C14H24N2O3/c1-2-13(7-8-15-10-13)12(19)16-14(9-11(17)18)5-3-4-6-14/h15H,2-10H2,1H3,(H,16,19)(H,17,18). The number of amides is 1. The Morgan fingerprint density at radius 3 is 2.42 bits per heavy atom. The molecular weight excluding hydrogens is 244 g/mol. The molecule has 0 aromatic rings. The molecule has 1 aliphatic heterocycles. The van der Waals surface area contributed by atoms with Crippen molar-refractivity contribution >= 4 is 11.9 Å². The minimum absolute atomic E-state index is 0.0446. The Labute approximate surface area is 114 Å². The van der Waals surface area contributed by atoms with Crippen LogP contribution in [0.2, 0.25) is 0 Å². The fourth-order valence-corrected chi connectivity index (χ4v) is 3.46. The largest absolute Gasteiger partial charge is 0.481 e. The van der Waals surface area contributed by atoms with Crippen LogP contribution in [0.5, 0.6) is 0 Å². The summed E-state index contributed by atoms with van der Waals surface area (Å²) >= 11 is 0. The van der Waals surface area contributed by atoms with E-state index in [2.05, 4.69) is 10.6 Å². The van der Waals surface area contributed by atoms with Gasteiger partial charge < -0.3 is 15.7 Å². The number of rotatable bonds is 5. The second-order valence-corrected chi connectivity index (χ2v) is 6.07. The number of carboxylic acids is 1. The number of hydrogen-bond donors (Lipinski definition) is 3. The maximum absolute atomic E-state index is 12.6. The van der Waals surface area contributed by atoms with E-state index in [-0.39, 0.29) is 17.7 Å². The van der Waals surface area contributed by atoms with E-state index in [0.717, 1.165) is 45.1 Å². The van der Waals surface area contributed by atoms with Gasteiger partial charge in [-0.25, -0.2) is 0 Å². The summed E-state index contributed by atoms with van der Waals surface area (Å²) in [6.45, 7) is 3.61. The predicted molar refractivity (Wildman–Crippen MR) is 71.8 cm³/mol. The van der Waals surface area contributed by atoms with E-state index >= 15 is 0 Å². The van der Waals surface area contributed by atoms with Crippen LogP contribution in [0, 0.1) is 5.41 Å². The van der Waals surface area contributed by atoms with E-state index in [0.29, 0.717) is 6.54 Å². The average Bonchev–Trinajstić information content (AvgIpc) is 2.98. The molecule has 0 aromatic heterocycles. The first-order valence-electron chi connectivity index (χ1n) is 7.27. The molecule has 1 unspecified atom stereocenters. The lowest BCUT2D eigenvalue weighted by atomic mass is 9.81. The Kier molecular flexibility index (Phi) is 4.13. The summed E-state index contributed by atoms with van der Waals surface area (Å²) in [6, 6.07) is 0. The molecule has 1 amide bonds. The highest BCUT2D eigenvalue weighted by atomic mass is 16.4. The van der Waals surface area contributed by atoms with Gasteiger partial charge in [0.05, 0.1) is 17.4 Å².